The van der Waals surface area contributed by atoms with E-state index in [1.165, 1.54) is 0 Å². The number of carbonyl (C=O) groups excluding carboxylic acids is 2. The Morgan fingerprint density at radius 3 is 2.42 bits per heavy atom. The standard InChI is InChI=1S/C25H36N6O5/c1-25(2,3)36-24(35)30-14-17(15-30)29-11-9-28(10-12-29)16-5-6-18-20(13-16)27(4)23(34)31(18)19-7-8-21(32)26-22(19)33/h5-6,13,17,19,22,33H,7-12,14-15H2,1-4H3,(H,26,32). The predicted octanol–water partition coefficient (Wildman–Crippen LogP) is 0.851. The highest BCUT2D eigenvalue weighted by Crippen LogP contribution is 2.29. The van der Waals surface area contributed by atoms with Crippen molar-refractivity contribution < 1.29 is 19.4 Å². The van der Waals surface area contributed by atoms with Crippen LogP contribution in [0.5, 0.6) is 0 Å². The average molecular weight is 501 g/mol. The van der Waals surface area contributed by atoms with Crippen LogP contribution in [0, 0.1) is 0 Å². The molecule has 2 unspecified atom stereocenters. The summed E-state index contributed by atoms with van der Waals surface area (Å²) in [5, 5.41) is 12.9. The number of aliphatic hydroxyl groups excluding tert-OH is 1. The Morgan fingerprint density at radius 2 is 1.78 bits per heavy atom. The summed E-state index contributed by atoms with van der Waals surface area (Å²) in [5.41, 5.74) is 1.92. The zero-order valence-electron chi connectivity index (χ0n) is 21.4. The van der Waals surface area contributed by atoms with Crippen LogP contribution in [0.2, 0.25) is 0 Å². The smallest absolute Gasteiger partial charge is 0.410 e. The van der Waals surface area contributed by atoms with E-state index in [-0.39, 0.29) is 24.1 Å². The molecule has 2 atom stereocenters. The molecule has 1 aromatic heterocycles. The molecule has 0 radical (unpaired) electrons. The second-order valence-corrected chi connectivity index (χ2v) is 11.1. The van der Waals surface area contributed by atoms with Crippen LogP contribution < -0.4 is 15.9 Å². The Morgan fingerprint density at radius 1 is 1.08 bits per heavy atom. The third-order valence-electron chi connectivity index (χ3n) is 7.45. The van der Waals surface area contributed by atoms with Crippen LogP contribution in [0.1, 0.15) is 39.7 Å². The summed E-state index contributed by atoms with van der Waals surface area (Å²) in [6, 6.07) is 5.86. The molecule has 0 saturated carbocycles. The van der Waals surface area contributed by atoms with Gasteiger partial charge in [0, 0.05) is 64.5 Å². The Bertz CT molecular complexity index is 1220. The van der Waals surface area contributed by atoms with Gasteiger partial charge in [0.25, 0.3) is 0 Å². The first kappa shape index (κ1) is 24.6. The number of carbonyl (C=O) groups is 2. The summed E-state index contributed by atoms with van der Waals surface area (Å²) >= 11 is 0. The normalized spacial score (nSPS) is 24.1. The second-order valence-electron chi connectivity index (χ2n) is 11.1. The van der Waals surface area contributed by atoms with Crippen LogP contribution in [0.15, 0.2) is 23.0 Å². The number of rotatable bonds is 3. The maximum Gasteiger partial charge on any atom is 0.410 e. The van der Waals surface area contributed by atoms with E-state index in [1.54, 1.807) is 21.1 Å². The van der Waals surface area contributed by atoms with E-state index in [2.05, 4.69) is 15.1 Å². The Labute approximate surface area is 210 Å². The van der Waals surface area contributed by atoms with Crippen molar-refractivity contribution in [2.75, 3.05) is 44.2 Å². The molecule has 3 saturated heterocycles. The molecular formula is C25H36N6O5. The molecule has 4 heterocycles. The van der Waals surface area contributed by atoms with Gasteiger partial charge in [-0.15, -0.1) is 0 Å². The zero-order valence-corrected chi connectivity index (χ0v) is 21.4. The highest BCUT2D eigenvalue weighted by atomic mass is 16.6. The molecule has 0 bridgehead atoms. The highest BCUT2D eigenvalue weighted by Gasteiger charge is 2.38. The van der Waals surface area contributed by atoms with Gasteiger partial charge in [-0.25, -0.2) is 9.59 Å². The lowest BCUT2D eigenvalue weighted by molar-refractivity contribution is -0.128. The van der Waals surface area contributed by atoms with Gasteiger partial charge in [0.2, 0.25) is 5.91 Å². The molecule has 36 heavy (non-hydrogen) atoms. The van der Waals surface area contributed by atoms with Crippen molar-refractivity contribution in [1.82, 2.24) is 24.3 Å². The van der Waals surface area contributed by atoms with Crippen molar-refractivity contribution in [2.45, 2.75) is 57.5 Å². The van der Waals surface area contributed by atoms with Crippen LogP contribution in [0.3, 0.4) is 0 Å². The average Bonchev–Trinajstić information content (AvgIpc) is 3.02. The number of likely N-dealkylation sites (tertiary alicyclic amines) is 1. The van der Waals surface area contributed by atoms with E-state index in [4.69, 9.17) is 4.74 Å². The number of nitrogens with one attached hydrogen (secondary N) is 1. The minimum absolute atomic E-state index is 0.201. The summed E-state index contributed by atoms with van der Waals surface area (Å²) < 4.78 is 8.67. The van der Waals surface area contributed by atoms with E-state index in [9.17, 15) is 19.5 Å². The van der Waals surface area contributed by atoms with Crippen molar-refractivity contribution in [3.8, 4) is 0 Å². The van der Waals surface area contributed by atoms with Gasteiger partial charge in [0.1, 0.15) is 11.8 Å². The first-order valence-corrected chi connectivity index (χ1v) is 12.7. The van der Waals surface area contributed by atoms with Crippen LogP contribution in [-0.4, -0.2) is 93.2 Å². The molecule has 0 spiro atoms. The predicted molar refractivity (Wildman–Crippen MR) is 135 cm³/mol. The van der Waals surface area contributed by atoms with E-state index in [0.29, 0.717) is 25.6 Å². The van der Waals surface area contributed by atoms with Gasteiger partial charge >= 0.3 is 11.8 Å². The number of ether oxygens (including phenoxy) is 1. The minimum Gasteiger partial charge on any atom is -0.444 e. The number of piperidine rings is 1. The number of benzene rings is 1. The Balaban J connectivity index is 1.23. The van der Waals surface area contributed by atoms with Gasteiger partial charge in [-0.3, -0.25) is 18.8 Å². The number of aryl methyl sites for hydroxylation is 1. The molecule has 5 rings (SSSR count). The lowest BCUT2D eigenvalue weighted by Gasteiger charge is -2.48. The summed E-state index contributed by atoms with van der Waals surface area (Å²) in [5.74, 6) is -0.201. The van der Waals surface area contributed by atoms with Crippen LogP contribution in [0.25, 0.3) is 11.0 Å². The van der Waals surface area contributed by atoms with Gasteiger partial charge in [-0.2, -0.15) is 0 Å². The molecule has 11 nitrogen and oxygen atoms in total. The number of imidazole rings is 1. The number of amides is 2. The van der Waals surface area contributed by atoms with E-state index in [1.807, 2.05) is 39.0 Å². The lowest BCUT2D eigenvalue weighted by Crippen LogP contribution is -2.64. The summed E-state index contributed by atoms with van der Waals surface area (Å²) in [7, 11) is 1.74. The van der Waals surface area contributed by atoms with Crippen molar-refractivity contribution in [2.24, 2.45) is 7.05 Å². The van der Waals surface area contributed by atoms with Crippen LogP contribution in [0.4, 0.5) is 10.5 Å². The molecule has 196 valence electrons. The quantitative estimate of drug-likeness (QED) is 0.643. The minimum atomic E-state index is -1.08. The number of nitrogens with zero attached hydrogens (tertiary/aromatic N) is 5. The number of anilines is 1. The van der Waals surface area contributed by atoms with E-state index >= 15 is 0 Å². The maximum atomic E-state index is 13.1. The molecular weight excluding hydrogens is 464 g/mol. The number of hydrogen-bond donors (Lipinski definition) is 2. The highest BCUT2D eigenvalue weighted by molar-refractivity contribution is 5.81. The van der Waals surface area contributed by atoms with Crippen LogP contribution >= 0.6 is 0 Å². The van der Waals surface area contributed by atoms with Crippen molar-refractivity contribution in [1.29, 1.82) is 0 Å². The molecule has 0 aliphatic carbocycles. The molecule has 3 aliphatic heterocycles. The molecule has 11 heteroatoms. The Hall–Kier alpha value is -3.05. The fraction of sp³-hybridized carbons (Fsp3) is 0.640. The first-order valence-electron chi connectivity index (χ1n) is 12.7. The lowest BCUT2D eigenvalue weighted by atomic mass is 10.0. The van der Waals surface area contributed by atoms with Gasteiger partial charge < -0.3 is 25.0 Å². The summed E-state index contributed by atoms with van der Waals surface area (Å²) in [6.45, 7) is 10.6. The molecule has 2 aromatic rings. The Kier molecular flexibility index (Phi) is 6.24. The molecule has 3 fully saturated rings. The zero-order chi connectivity index (χ0) is 25.8. The summed E-state index contributed by atoms with van der Waals surface area (Å²) in [4.78, 5) is 43.4. The monoisotopic (exact) mass is 500 g/mol. The first-order chi connectivity index (χ1) is 17.0. The number of aliphatic hydroxyl groups is 1. The van der Waals surface area contributed by atoms with Gasteiger partial charge in [0.15, 0.2) is 0 Å². The fourth-order valence-corrected chi connectivity index (χ4v) is 5.42. The maximum absolute atomic E-state index is 13.1. The third-order valence-corrected chi connectivity index (χ3v) is 7.45. The third kappa shape index (κ3) is 4.57. The van der Waals surface area contributed by atoms with Crippen LogP contribution in [-0.2, 0) is 16.6 Å². The van der Waals surface area contributed by atoms with E-state index in [0.717, 1.165) is 42.9 Å². The fourth-order valence-electron chi connectivity index (χ4n) is 5.42. The second kappa shape index (κ2) is 9.11. The molecule has 3 aliphatic rings. The number of hydrogen-bond acceptors (Lipinski definition) is 7. The number of aromatic nitrogens is 2. The van der Waals surface area contributed by atoms with Gasteiger partial charge in [-0.05, 0) is 45.4 Å². The topological polar surface area (TPSA) is 112 Å². The largest absolute Gasteiger partial charge is 0.444 e. The SMILES string of the molecule is Cn1c(=O)n(C2CCC(=O)NC2O)c2ccc(N3CCN(C4CN(C(=O)OC(C)(C)C)C4)CC3)cc21. The van der Waals surface area contributed by atoms with Crippen molar-refractivity contribution >= 4 is 28.7 Å². The van der Waals surface area contributed by atoms with Gasteiger partial charge in [0.05, 0.1) is 17.1 Å². The molecule has 2 N–H and O–H groups in total. The van der Waals surface area contributed by atoms with Crippen molar-refractivity contribution in [3.05, 3.63) is 28.7 Å². The van der Waals surface area contributed by atoms with E-state index < -0.39 is 17.9 Å². The van der Waals surface area contributed by atoms with Gasteiger partial charge in [-0.1, -0.05) is 0 Å². The molecule has 1 aromatic carbocycles. The number of fused-ring (bicyclic) bond motifs is 1. The summed E-state index contributed by atoms with van der Waals surface area (Å²) in [6.07, 6.45) is -0.627. The van der Waals surface area contributed by atoms with Crippen molar-refractivity contribution in [3.63, 3.8) is 0 Å². The molecule has 2 amide bonds. The number of piperazine rings is 1.